The van der Waals surface area contributed by atoms with Gasteiger partial charge >= 0.3 is 0 Å². The monoisotopic (exact) mass is 470 g/mol. The molecule has 0 spiro atoms. The lowest BCUT2D eigenvalue weighted by Crippen LogP contribution is -2.27. The number of aryl methyl sites for hydroxylation is 2. The number of thiophene rings is 1. The maximum absolute atomic E-state index is 13.3. The van der Waals surface area contributed by atoms with Crippen LogP contribution in [0.3, 0.4) is 0 Å². The lowest BCUT2D eigenvalue weighted by Gasteiger charge is -2.16. The molecule has 0 aliphatic heterocycles. The molecule has 0 radical (unpaired) electrons. The third-order valence-corrected chi connectivity index (χ3v) is 6.52. The zero-order valence-electron chi connectivity index (χ0n) is 18.0. The standard InChI is InChI=1S/C22H22N4O4S2/c1-12-8-9-19(31-12)18-11-17(20-14(3)25-30-22(20)24-18)21(27)23-13(2)15-6-5-7-16(10-15)26-32(4,28)29/h5-11,13,26H,1-4H3,(H,23,27). The van der Waals surface area contributed by atoms with Gasteiger partial charge in [0, 0.05) is 10.6 Å². The van der Waals surface area contributed by atoms with Crippen molar-refractivity contribution in [1.82, 2.24) is 15.5 Å². The molecule has 0 saturated heterocycles. The number of carbonyl (C=O) groups is 1. The van der Waals surface area contributed by atoms with Crippen molar-refractivity contribution in [2.75, 3.05) is 11.0 Å². The lowest BCUT2D eigenvalue weighted by molar-refractivity contribution is 0.0941. The van der Waals surface area contributed by atoms with E-state index in [1.807, 2.05) is 32.0 Å². The Morgan fingerprint density at radius 2 is 1.94 bits per heavy atom. The molecular weight excluding hydrogens is 448 g/mol. The molecule has 1 aromatic carbocycles. The van der Waals surface area contributed by atoms with E-state index in [1.165, 1.54) is 0 Å². The third-order valence-electron chi connectivity index (χ3n) is 4.89. The average Bonchev–Trinajstić information content (AvgIpc) is 3.32. The highest BCUT2D eigenvalue weighted by molar-refractivity contribution is 7.92. The first kappa shape index (κ1) is 22.0. The fraction of sp³-hybridized carbons (Fsp3) is 0.227. The van der Waals surface area contributed by atoms with Crippen LogP contribution in [0.1, 0.15) is 39.5 Å². The van der Waals surface area contributed by atoms with Crippen LogP contribution in [0.4, 0.5) is 5.69 Å². The minimum atomic E-state index is -3.40. The van der Waals surface area contributed by atoms with E-state index in [1.54, 1.807) is 42.5 Å². The number of carbonyl (C=O) groups excluding carboxylic acids is 1. The summed E-state index contributed by atoms with van der Waals surface area (Å²) in [7, 11) is -3.40. The molecule has 0 aliphatic carbocycles. The largest absolute Gasteiger partial charge is 0.345 e. The fourth-order valence-corrected chi connectivity index (χ4v) is 4.80. The molecule has 1 amide bonds. The Morgan fingerprint density at radius 3 is 2.62 bits per heavy atom. The Labute approximate surface area is 189 Å². The van der Waals surface area contributed by atoms with Crippen LogP contribution in [0.25, 0.3) is 21.7 Å². The number of nitrogens with zero attached hydrogens (tertiary/aromatic N) is 2. The summed E-state index contributed by atoms with van der Waals surface area (Å²) in [6, 6.07) is 12.2. The predicted molar refractivity (Wildman–Crippen MR) is 125 cm³/mol. The molecule has 2 N–H and O–H groups in total. The van der Waals surface area contributed by atoms with E-state index in [4.69, 9.17) is 4.52 Å². The maximum Gasteiger partial charge on any atom is 0.259 e. The number of hydrogen-bond donors (Lipinski definition) is 2. The van der Waals surface area contributed by atoms with Crippen molar-refractivity contribution in [3.8, 4) is 10.6 Å². The molecule has 4 aromatic rings. The van der Waals surface area contributed by atoms with Gasteiger partial charge in [0.25, 0.3) is 11.6 Å². The number of aromatic nitrogens is 2. The summed E-state index contributed by atoms with van der Waals surface area (Å²) in [5.41, 5.74) is 3.15. The van der Waals surface area contributed by atoms with Gasteiger partial charge in [-0.05, 0) is 56.7 Å². The number of sulfonamides is 1. The van der Waals surface area contributed by atoms with Crippen molar-refractivity contribution in [2.45, 2.75) is 26.8 Å². The van der Waals surface area contributed by atoms with Gasteiger partial charge in [-0.1, -0.05) is 17.3 Å². The first-order chi connectivity index (χ1) is 15.1. The minimum absolute atomic E-state index is 0.299. The van der Waals surface area contributed by atoms with E-state index < -0.39 is 10.0 Å². The van der Waals surface area contributed by atoms with E-state index in [2.05, 4.69) is 20.2 Å². The van der Waals surface area contributed by atoms with Gasteiger partial charge in [-0.2, -0.15) is 0 Å². The summed E-state index contributed by atoms with van der Waals surface area (Å²) in [4.78, 5) is 19.9. The number of benzene rings is 1. The second kappa shape index (κ2) is 8.36. The van der Waals surface area contributed by atoms with Crippen molar-refractivity contribution in [3.63, 3.8) is 0 Å². The molecule has 32 heavy (non-hydrogen) atoms. The average molecular weight is 471 g/mol. The summed E-state index contributed by atoms with van der Waals surface area (Å²) in [5, 5.41) is 7.54. The molecule has 10 heteroatoms. The van der Waals surface area contributed by atoms with E-state index in [0.29, 0.717) is 33.7 Å². The Morgan fingerprint density at radius 1 is 1.16 bits per heavy atom. The molecule has 0 fully saturated rings. The van der Waals surface area contributed by atoms with Crippen LogP contribution < -0.4 is 10.0 Å². The van der Waals surface area contributed by atoms with Crippen molar-refractivity contribution in [2.24, 2.45) is 0 Å². The Bertz CT molecular complexity index is 1420. The van der Waals surface area contributed by atoms with Gasteiger partial charge in [-0.15, -0.1) is 11.3 Å². The molecule has 3 heterocycles. The first-order valence-electron chi connectivity index (χ1n) is 9.83. The number of pyridine rings is 1. The van der Waals surface area contributed by atoms with Gasteiger partial charge in [-0.25, -0.2) is 13.4 Å². The zero-order chi connectivity index (χ0) is 23.0. The molecule has 166 valence electrons. The Hall–Kier alpha value is -3.24. The topological polar surface area (TPSA) is 114 Å². The van der Waals surface area contributed by atoms with Gasteiger partial charge in [0.1, 0.15) is 0 Å². The molecule has 0 bridgehead atoms. The van der Waals surface area contributed by atoms with E-state index >= 15 is 0 Å². The fourth-order valence-electron chi connectivity index (χ4n) is 3.42. The van der Waals surface area contributed by atoms with E-state index in [0.717, 1.165) is 21.6 Å². The van der Waals surface area contributed by atoms with Crippen LogP contribution in [-0.4, -0.2) is 30.7 Å². The number of hydrogen-bond acceptors (Lipinski definition) is 7. The summed E-state index contributed by atoms with van der Waals surface area (Å²) in [6.45, 7) is 5.61. The van der Waals surface area contributed by atoms with Gasteiger partial charge in [-0.3, -0.25) is 9.52 Å². The van der Waals surface area contributed by atoms with E-state index in [9.17, 15) is 13.2 Å². The van der Waals surface area contributed by atoms with Gasteiger partial charge < -0.3 is 9.84 Å². The van der Waals surface area contributed by atoms with Gasteiger partial charge in [0.15, 0.2) is 0 Å². The summed E-state index contributed by atoms with van der Waals surface area (Å²) in [6.07, 6.45) is 1.09. The number of fused-ring (bicyclic) bond motifs is 1. The summed E-state index contributed by atoms with van der Waals surface area (Å²) in [5.74, 6) is -0.299. The highest BCUT2D eigenvalue weighted by Crippen LogP contribution is 2.31. The van der Waals surface area contributed by atoms with Crippen molar-refractivity contribution in [1.29, 1.82) is 0 Å². The van der Waals surface area contributed by atoms with Gasteiger partial charge in [0.2, 0.25) is 10.0 Å². The molecule has 0 aliphatic rings. The first-order valence-corrected chi connectivity index (χ1v) is 12.5. The number of rotatable bonds is 6. The lowest BCUT2D eigenvalue weighted by atomic mass is 10.1. The van der Waals surface area contributed by atoms with Crippen LogP contribution >= 0.6 is 11.3 Å². The quantitative estimate of drug-likeness (QED) is 0.431. The van der Waals surface area contributed by atoms with Crippen LogP contribution in [-0.2, 0) is 10.0 Å². The van der Waals surface area contributed by atoms with Gasteiger partial charge in [0.05, 0.1) is 39.5 Å². The molecule has 4 rings (SSSR count). The predicted octanol–water partition coefficient (Wildman–Crippen LogP) is 4.43. The van der Waals surface area contributed by atoms with Crippen molar-refractivity contribution < 1.29 is 17.7 Å². The summed E-state index contributed by atoms with van der Waals surface area (Å²) >= 11 is 1.58. The SMILES string of the molecule is Cc1ccc(-c2cc(C(=O)NC(C)c3cccc(NS(C)(=O)=O)c3)c3c(C)noc3n2)s1. The third kappa shape index (κ3) is 4.66. The number of anilines is 1. The Balaban J connectivity index is 1.66. The molecule has 3 aromatic heterocycles. The normalized spacial score (nSPS) is 12.6. The molecular formula is C22H22N4O4S2. The minimum Gasteiger partial charge on any atom is -0.345 e. The molecule has 8 nitrogen and oxygen atoms in total. The van der Waals surface area contributed by atoms with Crippen LogP contribution in [0.15, 0.2) is 47.0 Å². The smallest absolute Gasteiger partial charge is 0.259 e. The highest BCUT2D eigenvalue weighted by atomic mass is 32.2. The van der Waals surface area contributed by atoms with Crippen molar-refractivity contribution in [3.05, 3.63) is 64.2 Å². The number of amides is 1. The maximum atomic E-state index is 13.3. The molecule has 1 unspecified atom stereocenters. The van der Waals surface area contributed by atoms with Crippen LogP contribution in [0.2, 0.25) is 0 Å². The van der Waals surface area contributed by atoms with Crippen LogP contribution in [0, 0.1) is 13.8 Å². The second-order valence-electron chi connectivity index (χ2n) is 7.61. The summed E-state index contributed by atoms with van der Waals surface area (Å²) < 4.78 is 30.9. The molecule has 1 atom stereocenters. The van der Waals surface area contributed by atoms with E-state index in [-0.39, 0.29) is 11.9 Å². The van der Waals surface area contributed by atoms with Crippen molar-refractivity contribution >= 4 is 44.1 Å². The zero-order valence-corrected chi connectivity index (χ0v) is 19.6. The number of nitrogens with one attached hydrogen (secondary N) is 2. The van der Waals surface area contributed by atoms with Crippen LogP contribution in [0.5, 0.6) is 0 Å². The highest BCUT2D eigenvalue weighted by Gasteiger charge is 2.21. The Kier molecular flexibility index (Phi) is 5.74. The second-order valence-corrected chi connectivity index (χ2v) is 10.6. The molecule has 0 saturated carbocycles.